The summed E-state index contributed by atoms with van der Waals surface area (Å²) in [7, 11) is 0. The van der Waals surface area contributed by atoms with Gasteiger partial charge in [-0.25, -0.2) is 0 Å². The van der Waals surface area contributed by atoms with Crippen LogP contribution in [0.15, 0.2) is 30.3 Å². The molecule has 1 rings (SSSR count). The molecule has 0 bridgehead atoms. The molecule has 104 valence electrons. The van der Waals surface area contributed by atoms with Crippen LogP contribution in [0.5, 0.6) is 0 Å². The van der Waals surface area contributed by atoms with Crippen LogP contribution in [0.4, 0.5) is 13.2 Å². The second kappa shape index (κ2) is 6.02. The van der Waals surface area contributed by atoms with Crippen molar-refractivity contribution in [3.63, 3.8) is 0 Å². The molecule has 0 aliphatic heterocycles. The fourth-order valence-corrected chi connectivity index (χ4v) is 1.57. The fraction of sp³-hybridized carbons (Fsp3) is 0.417. The summed E-state index contributed by atoms with van der Waals surface area (Å²) in [5, 5.41) is 28.8. The van der Waals surface area contributed by atoms with Crippen LogP contribution in [0.25, 0.3) is 0 Å². The molecule has 1 aromatic rings. The van der Waals surface area contributed by atoms with Gasteiger partial charge in [0.25, 0.3) is 0 Å². The Morgan fingerprint density at radius 1 is 1.21 bits per heavy atom. The third-order valence-corrected chi connectivity index (χ3v) is 2.72. The maximum atomic E-state index is 12.9. The Morgan fingerprint density at radius 3 is 2.16 bits per heavy atom. The number of aliphatic hydroxyl groups excluding tert-OH is 2. The number of nitrogens with one attached hydrogen (secondary N) is 1. The largest absolute Gasteiger partial charge is 0.422 e. The van der Waals surface area contributed by atoms with Gasteiger partial charge in [0.05, 0.1) is 25.3 Å². The standard InChI is InChI=1S/C12H13F3N2O2/c13-12(14,15)11(7-16,8-19)17-10(6-18)9-4-2-1-3-5-9/h1-5,10,17-19H,6,8H2/t10-,11-/m0/s1. The number of alkyl halides is 3. The highest BCUT2D eigenvalue weighted by Crippen LogP contribution is 2.32. The van der Waals surface area contributed by atoms with Gasteiger partial charge in [0.2, 0.25) is 5.54 Å². The molecule has 2 atom stereocenters. The van der Waals surface area contributed by atoms with E-state index in [1.807, 2.05) is 5.32 Å². The van der Waals surface area contributed by atoms with Crippen LogP contribution in [-0.2, 0) is 0 Å². The summed E-state index contributed by atoms with van der Waals surface area (Å²) in [5.41, 5.74) is -2.71. The van der Waals surface area contributed by atoms with Crippen LogP contribution in [-0.4, -0.2) is 35.1 Å². The first-order valence-electron chi connectivity index (χ1n) is 5.42. The molecule has 7 heteroatoms. The predicted molar refractivity (Wildman–Crippen MR) is 60.9 cm³/mol. The van der Waals surface area contributed by atoms with Gasteiger partial charge in [-0.15, -0.1) is 0 Å². The van der Waals surface area contributed by atoms with Crippen LogP contribution in [0, 0.1) is 11.3 Å². The molecule has 0 aromatic heterocycles. The predicted octanol–water partition coefficient (Wildman–Crippen LogP) is 1.13. The Hall–Kier alpha value is -1.62. The van der Waals surface area contributed by atoms with Crippen molar-refractivity contribution >= 4 is 0 Å². The number of aliphatic hydroxyl groups is 2. The summed E-state index contributed by atoms with van der Waals surface area (Å²) < 4.78 is 38.6. The highest BCUT2D eigenvalue weighted by Gasteiger charge is 2.56. The number of nitrogens with zero attached hydrogens (tertiary/aromatic N) is 1. The molecule has 0 radical (unpaired) electrons. The van der Waals surface area contributed by atoms with Crippen molar-refractivity contribution in [2.75, 3.05) is 13.2 Å². The van der Waals surface area contributed by atoms with Crippen LogP contribution >= 0.6 is 0 Å². The van der Waals surface area contributed by atoms with Gasteiger partial charge in [-0.1, -0.05) is 30.3 Å². The monoisotopic (exact) mass is 274 g/mol. The third kappa shape index (κ3) is 3.23. The zero-order valence-electron chi connectivity index (χ0n) is 9.85. The topological polar surface area (TPSA) is 76.3 Å². The van der Waals surface area contributed by atoms with E-state index in [0.717, 1.165) is 6.07 Å². The van der Waals surface area contributed by atoms with Gasteiger partial charge in [0.15, 0.2) is 0 Å². The van der Waals surface area contributed by atoms with E-state index < -0.39 is 31.0 Å². The third-order valence-electron chi connectivity index (χ3n) is 2.72. The van der Waals surface area contributed by atoms with Crippen molar-refractivity contribution in [2.24, 2.45) is 0 Å². The molecule has 0 amide bonds. The number of halogens is 3. The van der Waals surface area contributed by atoms with Gasteiger partial charge in [-0.05, 0) is 5.56 Å². The molecule has 0 aliphatic carbocycles. The Morgan fingerprint density at radius 2 is 1.79 bits per heavy atom. The number of nitriles is 1. The van der Waals surface area contributed by atoms with Crippen molar-refractivity contribution in [1.29, 1.82) is 5.26 Å². The van der Waals surface area contributed by atoms with Crippen molar-refractivity contribution in [3.05, 3.63) is 35.9 Å². The van der Waals surface area contributed by atoms with E-state index in [9.17, 15) is 18.3 Å². The summed E-state index contributed by atoms with van der Waals surface area (Å²) in [5.74, 6) is 0. The smallest absolute Gasteiger partial charge is 0.394 e. The molecule has 19 heavy (non-hydrogen) atoms. The summed E-state index contributed by atoms with van der Waals surface area (Å²) in [4.78, 5) is 0. The minimum absolute atomic E-state index is 0.391. The Balaban J connectivity index is 3.05. The molecule has 1 aromatic carbocycles. The molecule has 0 unspecified atom stereocenters. The molecule has 3 N–H and O–H groups in total. The van der Waals surface area contributed by atoms with Crippen LogP contribution in [0.1, 0.15) is 11.6 Å². The summed E-state index contributed by atoms with van der Waals surface area (Å²) in [6.45, 7) is -2.07. The van der Waals surface area contributed by atoms with Crippen molar-refractivity contribution in [3.8, 4) is 6.07 Å². The van der Waals surface area contributed by atoms with E-state index in [2.05, 4.69) is 0 Å². The van der Waals surface area contributed by atoms with Crippen molar-refractivity contribution in [1.82, 2.24) is 5.32 Å². The van der Waals surface area contributed by atoms with Gasteiger partial charge in [-0.3, -0.25) is 5.32 Å². The normalized spacial score (nSPS) is 16.4. The van der Waals surface area contributed by atoms with E-state index >= 15 is 0 Å². The average Bonchev–Trinajstić information content (AvgIpc) is 2.40. The highest BCUT2D eigenvalue weighted by atomic mass is 19.4. The lowest BCUT2D eigenvalue weighted by molar-refractivity contribution is -0.191. The molecule has 0 saturated carbocycles. The van der Waals surface area contributed by atoms with Gasteiger partial charge in [-0.2, -0.15) is 18.4 Å². The first-order valence-corrected chi connectivity index (χ1v) is 5.42. The number of rotatable bonds is 5. The first-order chi connectivity index (χ1) is 8.90. The maximum Gasteiger partial charge on any atom is 0.422 e. The van der Waals surface area contributed by atoms with E-state index in [-0.39, 0.29) is 0 Å². The van der Waals surface area contributed by atoms with E-state index in [1.54, 1.807) is 18.2 Å². The number of hydrogen-bond donors (Lipinski definition) is 3. The zero-order valence-corrected chi connectivity index (χ0v) is 9.85. The second-order valence-electron chi connectivity index (χ2n) is 3.96. The van der Waals surface area contributed by atoms with Crippen LogP contribution in [0.2, 0.25) is 0 Å². The summed E-state index contributed by atoms with van der Waals surface area (Å²) in [6.07, 6.45) is -4.96. The Kier molecular flexibility index (Phi) is 4.89. The lowest BCUT2D eigenvalue weighted by atomic mass is 9.98. The lowest BCUT2D eigenvalue weighted by Crippen LogP contribution is -2.60. The first kappa shape index (κ1) is 15.4. The van der Waals surface area contributed by atoms with Crippen LogP contribution in [0.3, 0.4) is 0 Å². The van der Waals surface area contributed by atoms with E-state index in [0.29, 0.717) is 5.56 Å². The molecule has 0 heterocycles. The Labute approximate surface area is 108 Å². The lowest BCUT2D eigenvalue weighted by Gasteiger charge is -2.32. The molecule has 0 aliphatic rings. The van der Waals surface area contributed by atoms with E-state index in [1.165, 1.54) is 12.1 Å². The highest BCUT2D eigenvalue weighted by molar-refractivity contribution is 5.22. The average molecular weight is 274 g/mol. The second-order valence-corrected chi connectivity index (χ2v) is 3.96. The number of hydrogen-bond acceptors (Lipinski definition) is 4. The fourth-order valence-electron chi connectivity index (χ4n) is 1.57. The molecule has 4 nitrogen and oxygen atoms in total. The van der Waals surface area contributed by atoms with Crippen molar-refractivity contribution < 1.29 is 23.4 Å². The molecule has 0 fully saturated rings. The van der Waals surface area contributed by atoms with Crippen molar-refractivity contribution in [2.45, 2.75) is 17.8 Å². The van der Waals surface area contributed by atoms with Gasteiger partial charge in [0, 0.05) is 0 Å². The van der Waals surface area contributed by atoms with Gasteiger partial charge >= 0.3 is 6.18 Å². The minimum atomic E-state index is -4.96. The number of benzene rings is 1. The molecular formula is C12H13F3N2O2. The van der Waals surface area contributed by atoms with Gasteiger partial charge in [0.1, 0.15) is 0 Å². The minimum Gasteiger partial charge on any atom is -0.394 e. The van der Waals surface area contributed by atoms with Crippen LogP contribution < -0.4 is 5.32 Å². The SMILES string of the molecule is N#C[C@@](CO)(N[C@@H](CO)c1ccccc1)C(F)(F)F. The van der Waals surface area contributed by atoms with E-state index in [4.69, 9.17) is 10.4 Å². The van der Waals surface area contributed by atoms with Gasteiger partial charge < -0.3 is 10.2 Å². The summed E-state index contributed by atoms with van der Waals surface area (Å²) in [6, 6.07) is 7.84. The summed E-state index contributed by atoms with van der Waals surface area (Å²) >= 11 is 0. The maximum absolute atomic E-state index is 12.9. The molecule has 0 saturated heterocycles. The molecule has 0 spiro atoms. The molecular weight excluding hydrogens is 261 g/mol. The zero-order chi connectivity index (χ0) is 14.5. The quantitative estimate of drug-likeness (QED) is 0.752. The Bertz CT molecular complexity index is 445.